The first kappa shape index (κ1) is 15.6. The van der Waals surface area contributed by atoms with Crippen LogP contribution in [0.3, 0.4) is 0 Å². The molecule has 1 unspecified atom stereocenters. The van der Waals surface area contributed by atoms with Crippen LogP contribution in [0.25, 0.3) is 0 Å². The Bertz CT molecular complexity index is 135. The van der Waals surface area contributed by atoms with Crippen LogP contribution in [0, 0.1) is 5.92 Å². The Morgan fingerprint density at radius 2 is 1.62 bits per heavy atom. The molecule has 0 aromatic carbocycles. The van der Waals surface area contributed by atoms with E-state index in [0.717, 1.165) is 5.92 Å². The van der Waals surface area contributed by atoms with Crippen molar-refractivity contribution >= 4 is 7.82 Å². The first-order valence-electron chi connectivity index (χ1n) is 4.59. The highest BCUT2D eigenvalue weighted by molar-refractivity contribution is 7.45. The summed E-state index contributed by atoms with van der Waals surface area (Å²) in [6, 6.07) is 0. The van der Waals surface area contributed by atoms with Crippen LogP contribution in [-0.4, -0.2) is 14.7 Å². The summed E-state index contributed by atoms with van der Waals surface area (Å²) in [5.74, 6) is 0.954. The minimum Gasteiger partial charge on any atom is -0.303 e. The van der Waals surface area contributed by atoms with Gasteiger partial charge in [0.05, 0.1) is 0 Å². The lowest BCUT2D eigenvalue weighted by Crippen LogP contribution is -1.89. The third-order valence-corrected chi connectivity index (χ3v) is 1.75. The molecule has 13 heavy (non-hydrogen) atoms. The van der Waals surface area contributed by atoms with E-state index in [2.05, 4.69) is 20.8 Å². The average molecular weight is 212 g/mol. The van der Waals surface area contributed by atoms with E-state index >= 15 is 0 Å². The molecule has 0 saturated carbocycles. The van der Waals surface area contributed by atoms with Crippen molar-refractivity contribution in [1.29, 1.82) is 0 Å². The zero-order valence-corrected chi connectivity index (χ0v) is 9.50. The van der Waals surface area contributed by atoms with Gasteiger partial charge in [-0.1, -0.05) is 46.5 Å². The van der Waals surface area contributed by atoms with E-state index in [1.807, 2.05) is 0 Å². The SMILES string of the molecule is CCCCC(C)CC.O=P(O)(O)O. The van der Waals surface area contributed by atoms with E-state index in [9.17, 15) is 0 Å². The minimum absolute atomic E-state index is 0.954. The van der Waals surface area contributed by atoms with E-state index < -0.39 is 7.82 Å². The molecule has 0 aromatic heterocycles. The lowest BCUT2D eigenvalue weighted by Gasteiger charge is -2.04. The van der Waals surface area contributed by atoms with Gasteiger partial charge in [0, 0.05) is 0 Å². The Kier molecular flexibility index (Phi) is 10.4. The van der Waals surface area contributed by atoms with Gasteiger partial charge in [-0.2, -0.15) is 0 Å². The summed E-state index contributed by atoms with van der Waals surface area (Å²) in [4.78, 5) is 21.6. The second-order valence-electron chi connectivity index (χ2n) is 3.17. The average Bonchev–Trinajstić information content (AvgIpc) is 1.97. The normalized spacial score (nSPS) is 13.1. The van der Waals surface area contributed by atoms with Crippen LogP contribution in [0.5, 0.6) is 0 Å². The molecular formula is C8H21O4P. The van der Waals surface area contributed by atoms with Crippen molar-refractivity contribution in [3.8, 4) is 0 Å². The van der Waals surface area contributed by atoms with Gasteiger partial charge in [0.25, 0.3) is 0 Å². The molecule has 0 spiro atoms. The summed E-state index contributed by atoms with van der Waals surface area (Å²) >= 11 is 0. The quantitative estimate of drug-likeness (QED) is 0.625. The zero-order valence-electron chi connectivity index (χ0n) is 8.60. The summed E-state index contributed by atoms with van der Waals surface area (Å²) < 4.78 is 8.88. The first-order chi connectivity index (χ1) is 5.81. The maximum absolute atomic E-state index is 8.88. The van der Waals surface area contributed by atoms with E-state index in [-0.39, 0.29) is 0 Å². The summed E-state index contributed by atoms with van der Waals surface area (Å²) in [6.45, 7) is 6.85. The monoisotopic (exact) mass is 212 g/mol. The Hall–Kier alpha value is 0.110. The molecule has 0 aliphatic carbocycles. The zero-order chi connectivity index (χ0) is 10.9. The van der Waals surface area contributed by atoms with Gasteiger partial charge in [0.1, 0.15) is 0 Å². The predicted molar refractivity (Wildman–Crippen MR) is 53.2 cm³/mol. The van der Waals surface area contributed by atoms with Crippen LogP contribution in [0.1, 0.15) is 46.5 Å². The summed E-state index contributed by atoms with van der Waals surface area (Å²) in [5, 5.41) is 0. The fourth-order valence-corrected chi connectivity index (χ4v) is 0.757. The maximum Gasteiger partial charge on any atom is 0.466 e. The number of phosphoric acid groups is 1. The van der Waals surface area contributed by atoms with Crippen molar-refractivity contribution in [2.45, 2.75) is 46.5 Å². The topological polar surface area (TPSA) is 77.8 Å². The van der Waals surface area contributed by atoms with Gasteiger partial charge in [-0.05, 0) is 5.92 Å². The minimum atomic E-state index is -4.64. The molecule has 0 aromatic rings. The lowest BCUT2D eigenvalue weighted by molar-refractivity contribution is 0.275. The fourth-order valence-electron chi connectivity index (χ4n) is 0.757. The van der Waals surface area contributed by atoms with Gasteiger partial charge in [-0.3, -0.25) is 0 Å². The second-order valence-corrected chi connectivity index (χ2v) is 4.20. The highest BCUT2D eigenvalue weighted by Gasteiger charge is 2.00. The molecule has 4 nitrogen and oxygen atoms in total. The summed E-state index contributed by atoms with van der Waals surface area (Å²) in [5.41, 5.74) is 0. The third kappa shape index (κ3) is 33.2. The number of rotatable bonds is 4. The number of hydrogen-bond acceptors (Lipinski definition) is 1. The van der Waals surface area contributed by atoms with Gasteiger partial charge in [-0.25, -0.2) is 4.57 Å². The Morgan fingerprint density at radius 1 is 1.23 bits per heavy atom. The molecule has 5 heteroatoms. The van der Waals surface area contributed by atoms with Gasteiger partial charge in [0.2, 0.25) is 0 Å². The molecule has 0 aliphatic heterocycles. The van der Waals surface area contributed by atoms with Gasteiger partial charge < -0.3 is 14.7 Å². The van der Waals surface area contributed by atoms with Crippen LogP contribution in [0.15, 0.2) is 0 Å². The van der Waals surface area contributed by atoms with Crippen LogP contribution in [-0.2, 0) is 4.57 Å². The highest BCUT2D eigenvalue weighted by Crippen LogP contribution is 2.25. The van der Waals surface area contributed by atoms with E-state index in [1.165, 1.54) is 25.7 Å². The molecule has 0 fully saturated rings. The van der Waals surface area contributed by atoms with Crippen molar-refractivity contribution < 1.29 is 19.2 Å². The Morgan fingerprint density at radius 3 is 1.85 bits per heavy atom. The van der Waals surface area contributed by atoms with Crippen molar-refractivity contribution in [2.24, 2.45) is 5.92 Å². The standard InChI is InChI=1S/C8H18.H3O4P/c1-4-6-7-8(3)5-2;1-5(2,3)4/h8H,4-7H2,1-3H3;(H3,1,2,3,4). The molecule has 0 rings (SSSR count). The summed E-state index contributed by atoms with van der Waals surface area (Å²) in [6.07, 6.45) is 5.53. The van der Waals surface area contributed by atoms with Crippen molar-refractivity contribution in [1.82, 2.24) is 0 Å². The number of hydrogen-bond donors (Lipinski definition) is 3. The largest absolute Gasteiger partial charge is 0.466 e. The molecule has 0 aliphatic rings. The van der Waals surface area contributed by atoms with Crippen molar-refractivity contribution in [3.63, 3.8) is 0 Å². The third-order valence-electron chi connectivity index (χ3n) is 1.75. The van der Waals surface area contributed by atoms with Crippen LogP contribution < -0.4 is 0 Å². The molecule has 1 atom stereocenters. The van der Waals surface area contributed by atoms with Crippen LogP contribution >= 0.6 is 7.82 Å². The Balaban J connectivity index is 0. The smallest absolute Gasteiger partial charge is 0.303 e. The van der Waals surface area contributed by atoms with Crippen molar-refractivity contribution in [3.05, 3.63) is 0 Å². The molecule has 0 bridgehead atoms. The van der Waals surface area contributed by atoms with Crippen LogP contribution in [0.4, 0.5) is 0 Å². The molecule has 0 heterocycles. The summed E-state index contributed by atoms with van der Waals surface area (Å²) in [7, 11) is -4.64. The fraction of sp³-hybridized carbons (Fsp3) is 1.00. The predicted octanol–water partition coefficient (Wildman–Crippen LogP) is 2.29. The van der Waals surface area contributed by atoms with Gasteiger partial charge in [0.15, 0.2) is 0 Å². The van der Waals surface area contributed by atoms with E-state index in [4.69, 9.17) is 19.2 Å². The van der Waals surface area contributed by atoms with E-state index in [1.54, 1.807) is 0 Å². The maximum atomic E-state index is 8.88. The Labute approximate surface area is 80.2 Å². The molecule has 82 valence electrons. The molecule has 3 N–H and O–H groups in total. The van der Waals surface area contributed by atoms with Gasteiger partial charge in [-0.15, -0.1) is 0 Å². The van der Waals surface area contributed by atoms with Crippen molar-refractivity contribution in [2.75, 3.05) is 0 Å². The van der Waals surface area contributed by atoms with E-state index in [0.29, 0.717) is 0 Å². The molecular weight excluding hydrogens is 191 g/mol. The highest BCUT2D eigenvalue weighted by atomic mass is 31.2. The first-order valence-corrected chi connectivity index (χ1v) is 6.16. The molecule has 0 saturated heterocycles. The molecule has 0 radical (unpaired) electrons. The number of unbranched alkanes of at least 4 members (excludes halogenated alkanes) is 1. The second kappa shape index (κ2) is 8.70. The van der Waals surface area contributed by atoms with Crippen LogP contribution in [0.2, 0.25) is 0 Å². The molecule has 0 amide bonds. The lowest BCUT2D eigenvalue weighted by atomic mass is 10.0. The van der Waals surface area contributed by atoms with Gasteiger partial charge >= 0.3 is 7.82 Å².